The van der Waals surface area contributed by atoms with Crippen molar-refractivity contribution in [1.82, 2.24) is 15.5 Å². The molecule has 1 aromatic rings. The fourth-order valence-electron chi connectivity index (χ4n) is 2.49. The highest BCUT2D eigenvalue weighted by atomic mass is 19.1. The smallest absolute Gasteiger partial charge is 0.191 e. The molecule has 0 spiro atoms. The average Bonchev–Trinajstić information content (AvgIpc) is 2.57. The Morgan fingerprint density at radius 2 is 2.04 bits per heavy atom. The highest BCUT2D eigenvalue weighted by molar-refractivity contribution is 5.79. The predicted octanol–water partition coefficient (Wildman–Crippen LogP) is 1.26. The molecule has 0 aliphatic carbocycles. The van der Waals surface area contributed by atoms with Gasteiger partial charge in [-0.05, 0) is 25.0 Å². The topological polar surface area (TPSA) is 48.9 Å². The van der Waals surface area contributed by atoms with Gasteiger partial charge in [0, 0.05) is 32.7 Å². The summed E-state index contributed by atoms with van der Waals surface area (Å²) < 4.78 is 18.9. The minimum atomic E-state index is -0.149. The molecule has 1 aliphatic rings. The molecule has 1 aliphatic heterocycles. The summed E-state index contributed by atoms with van der Waals surface area (Å²) in [5.41, 5.74) is 0.726. The van der Waals surface area contributed by atoms with Crippen LogP contribution in [-0.2, 0) is 11.2 Å². The van der Waals surface area contributed by atoms with Crippen LogP contribution < -0.4 is 10.6 Å². The largest absolute Gasteiger partial charge is 0.379 e. The minimum absolute atomic E-state index is 0.149. The Morgan fingerprint density at radius 3 is 2.78 bits per heavy atom. The second-order valence-electron chi connectivity index (χ2n) is 5.48. The van der Waals surface area contributed by atoms with Crippen LogP contribution in [0.3, 0.4) is 0 Å². The van der Waals surface area contributed by atoms with Gasteiger partial charge < -0.3 is 15.4 Å². The third-order valence-electron chi connectivity index (χ3n) is 3.78. The number of hydrogen-bond acceptors (Lipinski definition) is 3. The number of halogens is 1. The Labute approximate surface area is 137 Å². The number of morpholine rings is 1. The van der Waals surface area contributed by atoms with Crippen molar-refractivity contribution in [1.29, 1.82) is 0 Å². The highest BCUT2D eigenvalue weighted by Gasteiger charge is 2.09. The van der Waals surface area contributed by atoms with E-state index in [1.807, 2.05) is 19.1 Å². The van der Waals surface area contributed by atoms with E-state index in [1.54, 1.807) is 6.07 Å². The Kier molecular flexibility index (Phi) is 7.83. The molecule has 0 atom stereocenters. The van der Waals surface area contributed by atoms with Crippen LogP contribution in [0.4, 0.5) is 4.39 Å². The van der Waals surface area contributed by atoms with E-state index in [-0.39, 0.29) is 5.82 Å². The second kappa shape index (κ2) is 10.2. The Morgan fingerprint density at radius 1 is 1.26 bits per heavy atom. The van der Waals surface area contributed by atoms with Crippen molar-refractivity contribution in [3.8, 4) is 0 Å². The zero-order chi connectivity index (χ0) is 16.3. The molecular weight excluding hydrogens is 295 g/mol. The van der Waals surface area contributed by atoms with E-state index in [2.05, 4.69) is 20.5 Å². The van der Waals surface area contributed by atoms with Gasteiger partial charge in [0.15, 0.2) is 5.96 Å². The molecule has 23 heavy (non-hydrogen) atoms. The zero-order valence-electron chi connectivity index (χ0n) is 13.9. The number of hydrogen-bond donors (Lipinski definition) is 2. The van der Waals surface area contributed by atoms with Gasteiger partial charge in [-0.2, -0.15) is 0 Å². The number of rotatable bonds is 7. The quantitative estimate of drug-likeness (QED) is 0.586. The predicted molar refractivity (Wildman–Crippen MR) is 91.3 cm³/mol. The summed E-state index contributed by atoms with van der Waals surface area (Å²) >= 11 is 0. The first-order valence-electron chi connectivity index (χ1n) is 8.35. The SMILES string of the molecule is CCNC(=NCCN1CCOCC1)NCCc1ccccc1F. The van der Waals surface area contributed by atoms with Crippen LogP contribution in [0.15, 0.2) is 29.3 Å². The van der Waals surface area contributed by atoms with Crippen molar-refractivity contribution < 1.29 is 9.13 Å². The molecule has 1 saturated heterocycles. The van der Waals surface area contributed by atoms with E-state index in [9.17, 15) is 4.39 Å². The summed E-state index contributed by atoms with van der Waals surface area (Å²) in [6.07, 6.45) is 0.639. The van der Waals surface area contributed by atoms with Crippen LogP contribution in [0, 0.1) is 5.82 Å². The molecule has 5 nitrogen and oxygen atoms in total. The summed E-state index contributed by atoms with van der Waals surface area (Å²) in [6.45, 7) is 8.76. The summed E-state index contributed by atoms with van der Waals surface area (Å²) in [5.74, 6) is 0.639. The molecule has 0 bridgehead atoms. The average molecular weight is 322 g/mol. The lowest BCUT2D eigenvalue weighted by atomic mass is 10.1. The monoisotopic (exact) mass is 322 g/mol. The molecule has 1 fully saturated rings. The fourth-order valence-corrected chi connectivity index (χ4v) is 2.49. The molecule has 0 radical (unpaired) electrons. The van der Waals surface area contributed by atoms with E-state index >= 15 is 0 Å². The first-order chi connectivity index (χ1) is 11.3. The molecule has 6 heteroatoms. The highest BCUT2D eigenvalue weighted by Crippen LogP contribution is 2.06. The Bertz CT molecular complexity index is 489. The first kappa shape index (κ1) is 17.7. The number of benzene rings is 1. The van der Waals surface area contributed by atoms with Crippen LogP contribution in [0.1, 0.15) is 12.5 Å². The van der Waals surface area contributed by atoms with Gasteiger partial charge in [0.2, 0.25) is 0 Å². The number of aliphatic imine (C=N–C) groups is 1. The standard InChI is InChI=1S/C17H27FN4O/c1-2-19-17(21-9-10-22-11-13-23-14-12-22)20-8-7-15-5-3-4-6-16(15)18/h3-6H,2,7-14H2,1H3,(H2,19,20,21). The molecule has 2 rings (SSSR count). The summed E-state index contributed by atoms with van der Waals surface area (Å²) in [6, 6.07) is 6.89. The van der Waals surface area contributed by atoms with Crippen molar-refractivity contribution in [2.24, 2.45) is 4.99 Å². The van der Waals surface area contributed by atoms with Crippen molar-refractivity contribution >= 4 is 5.96 Å². The summed E-state index contributed by atoms with van der Waals surface area (Å²) in [5, 5.41) is 6.49. The third-order valence-corrected chi connectivity index (χ3v) is 3.78. The molecule has 1 heterocycles. The minimum Gasteiger partial charge on any atom is -0.379 e. The molecule has 1 aromatic carbocycles. The Balaban J connectivity index is 1.73. The number of nitrogens with one attached hydrogen (secondary N) is 2. The van der Waals surface area contributed by atoms with E-state index in [0.717, 1.165) is 57.5 Å². The van der Waals surface area contributed by atoms with Gasteiger partial charge in [-0.25, -0.2) is 4.39 Å². The normalized spacial score (nSPS) is 16.3. The maximum absolute atomic E-state index is 13.6. The molecular formula is C17H27FN4O. The number of ether oxygens (including phenoxy) is 1. The van der Waals surface area contributed by atoms with E-state index in [4.69, 9.17) is 4.74 Å². The van der Waals surface area contributed by atoms with Crippen LogP contribution in [0.25, 0.3) is 0 Å². The van der Waals surface area contributed by atoms with E-state index < -0.39 is 0 Å². The molecule has 128 valence electrons. The third kappa shape index (κ3) is 6.54. The Hall–Kier alpha value is -1.66. The summed E-state index contributed by atoms with van der Waals surface area (Å²) in [7, 11) is 0. The van der Waals surface area contributed by atoms with Gasteiger partial charge in [-0.15, -0.1) is 0 Å². The number of guanidine groups is 1. The first-order valence-corrected chi connectivity index (χ1v) is 8.35. The lowest BCUT2D eigenvalue weighted by Gasteiger charge is -2.25. The van der Waals surface area contributed by atoms with Gasteiger partial charge in [0.1, 0.15) is 5.82 Å². The van der Waals surface area contributed by atoms with Gasteiger partial charge in [0.25, 0.3) is 0 Å². The fraction of sp³-hybridized carbons (Fsp3) is 0.588. The zero-order valence-corrected chi connectivity index (χ0v) is 13.9. The van der Waals surface area contributed by atoms with Gasteiger partial charge >= 0.3 is 0 Å². The van der Waals surface area contributed by atoms with E-state index in [0.29, 0.717) is 13.0 Å². The molecule has 0 amide bonds. The second-order valence-corrected chi connectivity index (χ2v) is 5.48. The molecule has 0 aromatic heterocycles. The summed E-state index contributed by atoms with van der Waals surface area (Å²) in [4.78, 5) is 6.94. The van der Waals surface area contributed by atoms with Crippen LogP contribution >= 0.6 is 0 Å². The molecule has 2 N–H and O–H groups in total. The number of nitrogens with zero attached hydrogens (tertiary/aromatic N) is 2. The lowest BCUT2D eigenvalue weighted by Crippen LogP contribution is -2.40. The maximum atomic E-state index is 13.6. The molecule has 0 unspecified atom stereocenters. The van der Waals surface area contributed by atoms with Gasteiger partial charge in [-0.1, -0.05) is 18.2 Å². The van der Waals surface area contributed by atoms with E-state index in [1.165, 1.54) is 6.07 Å². The van der Waals surface area contributed by atoms with Crippen molar-refractivity contribution in [3.63, 3.8) is 0 Å². The van der Waals surface area contributed by atoms with Crippen molar-refractivity contribution in [2.45, 2.75) is 13.3 Å². The maximum Gasteiger partial charge on any atom is 0.191 e. The van der Waals surface area contributed by atoms with Crippen molar-refractivity contribution in [3.05, 3.63) is 35.6 Å². The van der Waals surface area contributed by atoms with Crippen LogP contribution in [0.5, 0.6) is 0 Å². The van der Waals surface area contributed by atoms with Crippen LogP contribution in [-0.4, -0.2) is 63.3 Å². The molecule has 0 saturated carbocycles. The van der Waals surface area contributed by atoms with Gasteiger partial charge in [0.05, 0.1) is 19.8 Å². The lowest BCUT2D eigenvalue weighted by molar-refractivity contribution is 0.0394. The van der Waals surface area contributed by atoms with Crippen molar-refractivity contribution in [2.75, 3.05) is 52.5 Å². The van der Waals surface area contributed by atoms with Crippen LogP contribution in [0.2, 0.25) is 0 Å². The van der Waals surface area contributed by atoms with Gasteiger partial charge in [-0.3, -0.25) is 9.89 Å².